The molecule has 0 aliphatic rings. The van der Waals surface area contributed by atoms with Crippen LogP contribution in [0.1, 0.15) is 30.6 Å². The van der Waals surface area contributed by atoms with Gasteiger partial charge in [-0.15, -0.1) is 0 Å². The molecule has 0 saturated heterocycles. The Morgan fingerprint density at radius 2 is 2.00 bits per heavy atom. The topological polar surface area (TPSA) is 108 Å². The number of nitrogen functional groups attached to an aromatic ring is 1. The average molecular weight is 357 g/mol. The van der Waals surface area contributed by atoms with Crippen LogP contribution in [0.3, 0.4) is 0 Å². The van der Waals surface area contributed by atoms with Crippen LogP contribution in [0.25, 0.3) is 0 Å². The molecule has 0 aliphatic heterocycles. The SMILES string of the molecule is CC[C@H](C)[C@@H](NC(=O)COC(=O)c1cc(Cl)ccc1N)C(=O)OC. The summed E-state index contributed by atoms with van der Waals surface area (Å²) < 4.78 is 9.58. The van der Waals surface area contributed by atoms with Crippen molar-refractivity contribution in [3.63, 3.8) is 0 Å². The first-order valence-electron chi connectivity index (χ1n) is 7.39. The highest BCUT2D eigenvalue weighted by Crippen LogP contribution is 2.18. The van der Waals surface area contributed by atoms with E-state index in [0.29, 0.717) is 11.4 Å². The van der Waals surface area contributed by atoms with Crippen LogP contribution in [0.5, 0.6) is 0 Å². The molecule has 0 spiro atoms. The van der Waals surface area contributed by atoms with E-state index < -0.39 is 30.5 Å². The van der Waals surface area contributed by atoms with Gasteiger partial charge in [0.1, 0.15) is 6.04 Å². The van der Waals surface area contributed by atoms with E-state index in [1.54, 1.807) is 6.92 Å². The smallest absolute Gasteiger partial charge is 0.340 e. The molecule has 0 fully saturated rings. The molecule has 1 amide bonds. The Morgan fingerprint density at radius 1 is 1.33 bits per heavy atom. The summed E-state index contributed by atoms with van der Waals surface area (Å²) in [5, 5.41) is 2.83. The molecule has 1 rings (SSSR count). The summed E-state index contributed by atoms with van der Waals surface area (Å²) in [7, 11) is 1.24. The lowest BCUT2D eigenvalue weighted by molar-refractivity contribution is -0.147. The van der Waals surface area contributed by atoms with E-state index in [4.69, 9.17) is 22.1 Å². The molecular weight excluding hydrogens is 336 g/mol. The first kappa shape index (κ1) is 19.8. The van der Waals surface area contributed by atoms with Crippen molar-refractivity contribution in [2.45, 2.75) is 26.3 Å². The van der Waals surface area contributed by atoms with Gasteiger partial charge in [0.05, 0.1) is 12.7 Å². The minimum absolute atomic E-state index is 0.0711. The van der Waals surface area contributed by atoms with Gasteiger partial charge in [-0.1, -0.05) is 31.9 Å². The molecule has 0 radical (unpaired) electrons. The number of benzene rings is 1. The van der Waals surface area contributed by atoms with E-state index in [-0.39, 0.29) is 17.2 Å². The molecule has 0 saturated carbocycles. The Bertz CT molecular complexity index is 620. The van der Waals surface area contributed by atoms with Crippen LogP contribution in [0, 0.1) is 5.92 Å². The third kappa shape index (κ3) is 5.42. The number of halogens is 1. The molecule has 8 heteroatoms. The van der Waals surface area contributed by atoms with Crippen molar-refractivity contribution >= 4 is 35.1 Å². The van der Waals surface area contributed by atoms with Gasteiger partial charge in [0.2, 0.25) is 0 Å². The predicted molar refractivity (Wildman–Crippen MR) is 89.5 cm³/mol. The highest BCUT2D eigenvalue weighted by molar-refractivity contribution is 6.31. The molecule has 1 aromatic rings. The second-order valence-electron chi connectivity index (χ2n) is 5.26. The van der Waals surface area contributed by atoms with Gasteiger partial charge in [0, 0.05) is 10.7 Å². The molecule has 0 aromatic heterocycles. The van der Waals surface area contributed by atoms with Crippen molar-refractivity contribution < 1.29 is 23.9 Å². The fraction of sp³-hybridized carbons (Fsp3) is 0.438. The monoisotopic (exact) mass is 356 g/mol. The lowest BCUT2D eigenvalue weighted by atomic mass is 9.99. The number of anilines is 1. The first-order valence-corrected chi connectivity index (χ1v) is 7.77. The molecular formula is C16H21ClN2O5. The van der Waals surface area contributed by atoms with Gasteiger partial charge >= 0.3 is 11.9 Å². The second-order valence-corrected chi connectivity index (χ2v) is 5.70. The maximum absolute atomic E-state index is 12.0. The molecule has 0 bridgehead atoms. The lowest BCUT2D eigenvalue weighted by Gasteiger charge is -2.21. The molecule has 2 atom stereocenters. The van der Waals surface area contributed by atoms with Gasteiger partial charge in [-0.3, -0.25) is 4.79 Å². The van der Waals surface area contributed by atoms with Crippen LogP contribution in [-0.2, 0) is 19.1 Å². The number of hydrogen-bond donors (Lipinski definition) is 2. The van der Waals surface area contributed by atoms with E-state index in [1.165, 1.54) is 25.3 Å². The molecule has 132 valence electrons. The molecule has 1 aromatic carbocycles. The Balaban J connectivity index is 2.66. The summed E-state index contributed by atoms with van der Waals surface area (Å²) in [5.74, 6) is -2.06. The van der Waals surface area contributed by atoms with E-state index in [1.807, 2.05) is 6.92 Å². The maximum Gasteiger partial charge on any atom is 0.340 e. The molecule has 0 heterocycles. The standard InChI is InChI=1S/C16H21ClN2O5/c1-4-9(2)14(16(22)23-3)19-13(20)8-24-15(21)11-7-10(17)5-6-12(11)18/h5-7,9,14H,4,8,18H2,1-3H3,(H,19,20)/t9-,14+/m0/s1. The minimum Gasteiger partial charge on any atom is -0.467 e. The van der Waals surface area contributed by atoms with Crippen LogP contribution in [0.4, 0.5) is 5.69 Å². The molecule has 7 nitrogen and oxygen atoms in total. The van der Waals surface area contributed by atoms with Crippen molar-refractivity contribution in [3.05, 3.63) is 28.8 Å². The zero-order valence-electron chi connectivity index (χ0n) is 13.8. The average Bonchev–Trinajstić information content (AvgIpc) is 2.58. The Kier molecular flexibility index (Phi) is 7.51. The number of nitrogens with one attached hydrogen (secondary N) is 1. The number of amides is 1. The number of ether oxygens (including phenoxy) is 2. The van der Waals surface area contributed by atoms with Crippen molar-refractivity contribution in [2.24, 2.45) is 5.92 Å². The van der Waals surface area contributed by atoms with Crippen LogP contribution >= 0.6 is 11.6 Å². The van der Waals surface area contributed by atoms with Gasteiger partial charge in [0.15, 0.2) is 6.61 Å². The largest absolute Gasteiger partial charge is 0.467 e. The number of nitrogens with two attached hydrogens (primary N) is 1. The summed E-state index contributed by atoms with van der Waals surface area (Å²) in [6, 6.07) is 3.55. The Labute approximate surface area is 145 Å². The number of carbonyl (C=O) groups is 3. The summed E-state index contributed by atoms with van der Waals surface area (Å²) in [5.41, 5.74) is 5.93. The quantitative estimate of drug-likeness (QED) is 0.569. The minimum atomic E-state index is -0.803. The van der Waals surface area contributed by atoms with E-state index in [9.17, 15) is 14.4 Å². The van der Waals surface area contributed by atoms with Crippen LogP contribution in [0.2, 0.25) is 5.02 Å². The molecule has 0 unspecified atom stereocenters. The second kappa shape index (κ2) is 9.12. The highest BCUT2D eigenvalue weighted by atomic mass is 35.5. The third-order valence-corrected chi connectivity index (χ3v) is 3.79. The Hall–Kier alpha value is -2.28. The van der Waals surface area contributed by atoms with Crippen LogP contribution in [-0.4, -0.2) is 37.6 Å². The van der Waals surface area contributed by atoms with Crippen molar-refractivity contribution in [2.75, 3.05) is 19.5 Å². The number of methoxy groups -OCH3 is 1. The van der Waals surface area contributed by atoms with Gasteiger partial charge in [-0.2, -0.15) is 0 Å². The third-order valence-electron chi connectivity index (χ3n) is 3.55. The fourth-order valence-corrected chi connectivity index (χ4v) is 2.10. The van der Waals surface area contributed by atoms with E-state index >= 15 is 0 Å². The number of rotatable bonds is 7. The first-order chi connectivity index (χ1) is 11.3. The van der Waals surface area contributed by atoms with Gasteiger partial charge < -0.3 is 20.5 Å². The predicted octanol–water partition coefficient (Wildman–Crippen LogP) is 1.78. The summed E-state index contributed by atoms with van der Waals surface area (Å²) in [6.45, 7) is 3.14. The zero-order valence-corrected chi connectivity index (χ0v) is 14.6. The van der Waals surface area contributed by atoms with E-state index in [2.05, 4.69) is 10.1 Å². The number of hydrogen-bond acceptors (Lipinski definition) is 6. The summed E-state index contributed by atoms with van der Waals surface area (Å²) >= 11 is 5.80. The molecule has 0 aliphatic carbocycles. The fourth-order valence-electron chi connectivity index (χ4n) is 1.93. The normalized spacial score (nSPS) is 12.8. The lowest BCUT2D eigenvalue weighted by Crippen LogP contribution is -2.47. The van der Waals surface area contributed by atoms with Crippen molar-refractivity contribution in [1.29, 1.82) is 0 Å². The number of esters is 2. The van der Waals surface area contributed by atoms with Gasteiger partial charge in [-0.05, 0) is 24.1 Å². The van der Waals surface area contributed by atoms with Crippen molar-refractivity contribution in [3.8, 4) is 0 Å². The summed E-state index contributed by atoms with van der Waals surface area (Å²) in [6.07, 6.45) is 0.666. The molecule has 24 heavy (non-hydrogen) atoms. The Morgan fingerprint density at radius 3 is 2.58 bits per heavy atom. The van der Waals surface area contributed by atoms with Gasteiger partial charge in [0.25, 0.3) is 5.91 Å². The van der Waals surface area contributed by atoms with Gasteiger partial charge in [-0.25, -0.2) is 9.59 Å². The van der Waals surface area contributed by atoms with Crippen LogP contribution in [0.15, 0.2) is 18.2 Å². The number of carbonyl (C=O) groups excluding carboxylic acids is 3. The van der Waals surface area contributed by atoms with Crippen LogP contribution < -0.4 is 11.1 Å². The van der Waals surface area contributed by atoms with E-state index in [0.717, 1.165) is 0 Å². The maximum atomic E-state index is 12.0. The molecule has 3 N–H and O–H groups in total. The highest BCUT2D eigenvalue weighted by Gasteiger charge is 2.27. The zero-order chi connectivity index (χ0) is 18.3. The summed E-state index contributed by atoms with van der Waals surface area (Å²) in [4.78, 5) is 35.6. The van der Waals surface area contributed by atoms with Crippen molar-refractivity contribution in [1.82, 2.24) is 5.32 Å².